The number of carboxylic acid groups (broad SMARTS) is 1. The highest BCUT2D eigenvalue weighted by molar-refractivity contribution is 5.86. The van der Waals surface area contributed by atoms with Gasteiger partial charge in [0.1, 0.15) is 13.2 Å². The maximum atomic E-state index is 11.2. The molecule has 98 valence electrons. The van der Waals surface area contributed by atoms with Gasteiger partial charge >= 0.3 is 5.97 Å². The quantitative estimate of drug-likeness (QED) is 0.564. The SMILES string of the molecule is CC(C)(C)OCC(=O)NCC(=O)NCC(=O)O. The Hall–Kier alpha value is -1.63. The molecule has 0 fully saturated rings. The van der Waals surface area contributed by atoms with Crippen LogP contribution in [0.5, 0.6) is 0 Å². The minimum atomic E-state index is -1.14. The molecule has 0 aliphatic rings. The maximum Gasteiger partial charge on any atom is 0.322 e. The van der Waals surface area contributed by atoms with Crippen LogP contribution >= 0.6 is 0 Å². The summed E-state index contributed by atoms with van der Waals surface area (Å²) in [5, 5.41) is 12.7. The van der Waals surface area contributed by atoms with E-state index in [9.17, 15) is 14.4 Å². The van der Waals surface area contributed by atoms with Crippen LogP contribution in [0.15, 0.2) is 0 Å². The van der Waals surface area contributed by atoms with Crippen molar-refractivity contribution in [2.24, 2.45) is 0 Å². The number of hydrogen-bond acceptors (Lipinski definition) is 4. The highest BCUT2D eigenvalue weighted by Crippen LogP contribution is 2.05. The maximum absolute atomic E-state index is 11.2. The third-order valence-electron chi connectivity index (χ3n) is 1.52. The van der Waals surface area contributed by atoms with Gasteiger partial charge in [0, 0.05) is 0 Å². The molecule has 7 heteroatoms. The topological polar surface area (TPSA) is 105 Å². The third kappa shape index (κ3) is 10.6. The van der Waals surface area contributed by atoms with Crippen LogP contribution in [0.3, 0.4) is 0 Å². The van der Waals surface area contributed by atoms with Gasteiger partial charge in [-0.25, -0.2) is 0 Å². The molecule has 17 heavy (non-hydrogen) atoms. The monoisotopic (exact) mass is 246 g/mol. The molecular formula is C10H18N2O5. The van der Waals surface area contributed by atoms with Crippen molar-refractivity contribution in [3.63, 3.8) is 0 Å². The van der Waals surface area contributed by atoms with Gasteiger partial charge in [-0.05, 0) is 20.8 Å². The van der Waals surface area contributed by atoms with E-state index in [1.54, 1.807) is 20.8 Å². The van der Waals surface area contributed by atoms with Crippen molar-refractivity contribution in [3.8, 4) is 0 Å². The molecule has 0 aliphatic carbocycles. The molecule has 0 heterocycles. The molecular weight excluding hydrogens is 228 g/mol. The average Bonchev–Trinajstić information content (AvgIpc) is 2.19. The van der Waals surface area contributed by atoms with Crippen LogP contribution in [-0.4, -0.2) is 48.2 Å². The van der Waals surface area contributed by atoms with Crippen molar-refractivity contribution >= 4 is 17.8 Å². The summed E-state index contributed by atoms with van der Waals surface area (Å²) < 4.78 is 5.18. The summed E-state index contributed by atoms with van der Waals surface area (Å²) in [4.78, 5) is 32.4. The Morgan fingerprint density at radius 3 is 2.06 bits per heavy atom. The van der Waals surface area contributed by atoms with Crippen molar-refractivity contribution in [2.75, 3.05) is 19.7 Å². The summed E-state index contributed by atoms with van der Waals surface area (Å²) in [6.45, 7) is 4.54. The molecule has 0 rings (SSSR count). The summed E-state index contributed by atoms with van der Waals surface area (Å²) in [7, 11) is 0. The summed E-state index contributed by atoms with van der Waals surface area (Å²) >= 11 is 0. The van der Waals surface area contributed by atoms with Crippen molar-refractivity contribution in [1.29, 1.82) is 0 Å². The normalized spacial score (nSPS) is 10.8. The second-order valence-electron chi connectivity index (χ2n) is 4.35. The molecule has 0 aromatic carbocycles. The van der Waals surface area contributed by atoms with E-state index < -0.39 is 29.9 Å². The predicted octanol–water partition coefficient (Wildman–Crippen LogP) is -0.881. The van der Waals surface area contributed by atoms with E-state index in [0.717, 1.165) is 0 Å². The number of carbonyl (C=O) groups excluding carboxylic acids is 2. The Balaban J connectivity index is 3.70. The lowest BCUT2D eigenvalue weighted by atomic mass is 10.2. The lowest BCUT2D eigenvalue weighted by Crippen LogP contribution is -2.41. The fourth-order valence-corrected chi connectivity index (χ4v) is 0.749. The average molecular weight is 246 g/mol. The molecule has 0 aliphatic heterocycles. The van der Waals surface area contributed by atoms with Gasteiger partial charge in [-0.15, -0.1) is 0 Å². The van der Waals surface area contributed by atoms with Crippen LogP contribution in [0.4, 0.5) is 0 Å². The number of hydrogen-bond donors (Lipinski definition) is 3. The lowest BCUT2D eigenvalue weighted by Gasteiger charge is -2.18. The standard InChI is InChI=1S/C10H18N2O5/c1-10(2,3)17-6-8(14)11-4-7(13)12-5-9(15)16/h4-6H2,1-3H3,(H,11,14)(H,12,13)(H,15,16). The Labute approximate surface area is 99.5 Å². The Morgan fingerprint density at radius 1 is 1.06 bits per heavy atom. The first-order chi connectivity index (χ1) is 7.70. The van der Waals surface area contributed by atoms with Crippen LogP contribution < -0.4 is 10.6 Å². The van der Waals surface area contributed by atoms with E-state index in [4.69, 9.17) is 9.84 Å². The Morgan fingerprint density at radius 2 is 1.59 bits per heavy atom. The second kappa shape index (κ2) is 6.85. The summed E-state index contributed by atoms with van der Waals surface area (Å²) in [6, 6.07) is 0. The largest absolute Gasteiger partial charge is 0.480 e. The van der Waals surface area contributed by atoms with Crippen LogP contribution in [0.1, 0.15) is 20.8 Å². The molecule has 0 spiro atoms. The summed E-state index contributed by atoms with van der Waals surface area (Å²) in [6.07, 6.45) is 0. The van der Waals surface area contributed by atoms with E-state index in [1.807, 2.05) is 0 Å². The first kappa shape index (κ1) is 15.4. The number of aliphatic carboxylic acids is 1. The van der Waals surface area contributed by atoms with Gasteiger partial charge < -0.3 is 20.5 Å². The van der Waals surface area contributed by atoms with E-state index in [0.29, 0.717) is 0 Å². The van der Waals surface area contributed by atoms with Gasteiger partial charge in [0.2, 0.25) is 11.8 Å². The third-order valence-corrected chi connectivity index (χ3v) is 1.52. The summed E-state index contributed by atoms with van der Waals surface area (Å²) in [5.41, 5.74) is -0.428. The number of rotatable bonds is 6. The van der Waals surface area contributed by atoms with Gasteiger partial charge in [0.05, 0.1) is 12.1 Å². The van der Waals surface area contributed by atoms with Crippen molar-refractivity contribution in [2.45, 2.75) is 26.4 Å². The Kier molecular flexibility index (Phi) is 6.19. The molecule has 2 amide bonds. The first-order valence-corrected chi connectivity index (χ1v) is 5.10. The number of carbonyl (C=O) groups is 3. The lowest BCUT2D eigenvalue weighted by molar-refractivity contribution is -0.138. The smallest absolute Gasteiger partial charge is 0.322 e. The minimum Gasteiger partial charge on any atom is -0.480 e. The number of nitrogens with one attached hydrogen (secondary N) is 2. The first-order valence-electron chi connectivity index (χ1n) is 5.10. The van der Waals surface area contributed by atoms with E-state index >= 15 is 0 Å². The number of amides is 2. The number of carboxylic acids is 1. The highest BCUT2D eigenvalue weighted by Gasteiger charge is 2.13. The highest BCUT2D eigenvalue weighted by atomic mass is 16.5. The molecule has 0 unspecified atom stereocenters. The zero-order valence-corrected chi connectivity index (χ0v) is 10.2. The van der Waals surface area contributed by atoms with E-state index in [1.165, 1.54) is 0 Å². The molecule has 0 saturated carbocycles. The van der Waals surface area contributed by atoms with Crippen LogP contribution in [0.25, 0.3) is 0 Å². The van der Waals surface area contributed by atoms with E-state index in [-0.39, 0.29) is 13.2 Å². The fraction of sp³-hybridized carbons (Fsp3) is 0.700. The minimum absolute atomic E-state index is 0.143. The molecule has 0 aromatic heterocycles. The fourth-order valence-electron chi connectivity index (χ4n) is 0.749. The predicted molar refractivity (Wildman–Crippen MR) is 59.4 cm³/mol. The molecule has 0 atom stereocenters. The molecule has 3 N–H and O–H groups in total. The van der Waals surface area contributed by atoms with E-state index in [2.05, 4.69) is 10.6 Å². The van der Waals surface area contributed by atoms with Crippen molar-refractivity contribution < 1.29 is 24.2 Å². The van der Waals surface area contributed by atoms with Gasteiger partial charge in [-0.1, -0.05) is 0 Å². The molecule has 0 bridgehead atoms. The zero-order valence-electron chi connectivity index (χ0n) is 10.2. The second-order valence-corrected chi connectivity index (χ2v) is 4.35. The van der Waals surface area contributed by atoms with Gasteiger partial charge in [-0.3, -0.25) is 14.4 Å². The molecule has 0 aromatic rings. The molecule has 7 nitrogen and oxygen atoms in total. The Bertz CT molecular complexity index is 296. The zero-order chi connectivity index (χ0) is 13.5. The van der Waals surface area contributed by atoms with Crippen molar-refractivity contribution in [1.82, 2.24) is 10.6 Å². The van der Waals surface area contributed by atoms with Gasteiger partial charge in [-0.2, -0.15) is 0 Å². The van der Waals surface area contributed by atoms with Crippen LogP contribution in [0, 0.1) is 0 Å². The number of ether oxygens (including phenoxy) is 1. The van der Waals surface area contributed by atoms with Crippen LogP contribution in [0.2, 0.25) is 0 Å². The summed E-state index contributed by atoms with van der Waals surface area (Å²) in [5.74, 6) is -2.12. The van der Waals surface area contributed by atoms with Gasteiger partial charge in [0.25, 0.3) is 0 Å². The molecule has 0 radical (unpaired) electrons. The van der Waals surface area contributed by atoms with Crippen molar-refractivity contribution in [3.05, 3.63) is 0 Å². The van der Waals surface area contributed by atoms with Gasteiger partial charge in [0.15, 0.2) is 0 Å². The molecule has 0 saturated heterocycles. The van der Waals surface area contributed by atoms with Crippen LogP contribution in [-0.2, 0) is 19.1 Å².